The molecule has 0 aliphatic heterocycles. The van der Waals surface area contributed by atoms with Gasteiger partial charge in [0.05, 0.1) is 0 Å². The van der Waals surface area contributed by atoms with Crippen molar-refractivity contribution >= 4 is 20.6 Å². The molecule has 0 radical (unpaired) electrons. The molecule has 0 aromatic carbocycles. The summed E-state index contributed by atoms with van der Waals surface area (Å²) in [6.45, 7) is 0. The average molecular weight is 419 g/mol. The summed E-state index contributed by atoms with van der Waals surface area (Å²) >= 11 is 0. The molecule has 0 aromatic rings. The molecule has 0 aliphatic rings. The van der Waals surface area contributed by atoms with Crippen molar-refractivity contribution in [2.45, 2.75) is 0 Å². The molecular weight excluding hydrogens is 411 g/mol. The second-order valence-corrected chi connectivity index (χ2v) is 2.85. The Morgan fingerprint density at radius 3 is 0.769 bits per heavy atom. The number of hydrogen-bond donors (Lipinski definition) is 2. The molecule has 0 saturated carbocycles. The first-order valence-corrected chi connectivity index (χ1v) is 4.32. The van der Waals surface area contributed by atoms with Crippen molar-refractivity contribution in [2.75, 3.05) is 0 Å². The fraction of sp³-hybridized carbons (Fsp3) is 0. The molecule has 10 nitrogen and oxygen atoms in total. The maximum atomic E-state index is 8.85. The van der Waals surface area contributed by atoms with Crippen molar-refractivity contribution in [3.8, 4) is 0 Å². The van der Waals surface area contributed by atoms with E-state index < -0.39 is 20.6 Å². The molecule has 0 amide bonds. The minimum absolute atomic E-state index is 0. The van der Waals surface area contributed by atoms with Crippen molar-refractivity contribution in [1.82, 2.24) is 0 Å². The summed E-state index contributed by atoms with van der Waals surface area (Å²) in [6, 6.07) is 0. The van der Waals surface area contributed by atoms with E-state index in [9.17, 15) is 0 Å². The van der Waals surface area contributed by atoms with E-state index in [0.717, 1.165) is 0 Å². The molecule has 0 rings (SSSR count). The van der Waals surface area contributed by atoms with Gasteiger partial charge in [0, 0.05) is 0 Å². The molecule has 0 spiro atoms. The van der Waals surface area contributed by atoms with Crippen LogP contribution >= 0.6 is 0 Å². The monoisotopic (exact) mass is 419 g/mol. The Kier molecular flexibility index (Phi) is 23.4. The maximum absolute atomic E-state index is 8.85. The predicted octanol–water partition coefficient (Wildman–Crippen LogP) is 1.11. The van der Waals surface area contributed by atoms with Crippen molar-refractivity contribution < 1.29 is 47.0 Å². The summed E-state index contributed by atoms with van der Waals surface area (Å²) in [7, 11) is -8.83. The molecule has 13 heteroatoms. The normalized spacial score (nSPS) is 8.92. The largest absolute Gasteiger partial charge is 4.00 e. The Morgan fingerprint density at radius 2 is 0.769 bits per heavy atom. The summed E-state index contributed by atoms with van der Waals surface area (Å²) in [6.07, 6.45) is 0. The summed E-state index contributed by atoms with van der Waals surface area (Å²) in [5.41, 5.74) is 0. The van der Waals surface area contributed by atoms with E-state index in [2.05, 4.69) is 0 Å². The molecule has 8 N–H and O–H groups in total. The third kappa shape index (κ3) is 10900. The topological polar surface area (TPSA) is 223 Å². The molecule has 86 valence electrons. The van der Waals surface area contributed by atoms with E-state index in [1.807, 2.05) is 0 Å². The van der Waals surface area contributed by atoms with Gasteiger partial charge in [0.25, 0.3) is 0 Å². The zero-order chi connectivity index (χ0) is 9.00. The molecule has 0 saturated heterocycles. The van der Waals surface area contributed by atoms with Gasteiger partial charge in [-0.3, -0.25) is 9.11 Å². The van der Waals surface area contributed by atoms with Gasteiger partial charge >= 0.3 is 21.1 Å². The van der Waals surface area contributed by atoms with Gasteiger partial charge in [-0.25, -0.2) is 16.8 Å². The molecule has 0 fully saturated rings. The molecule has 0 atom stereocenters. The first-order chi connectivity index (χ1) is 4.00. The van der Waals surface area contributed by atoms with Crippen LogP contribution in [0.25, 0.3) is 22.6 Å². The zero-order valence-corrected chi connectivity index (χ0v) is 9.72. The fourth-order valence-electron chi connectivity index (χ4n) is 0. The second kappa shape index (κ2) is 10.4. The van der Waals surface area contributed by atoms with Gasteiger partial charge < -0.3 is 22.6 Å². The van der Waals surface area contributed by atoms with Crippen LogP contribution in [-0.4, -0.2) is 25.9 Å². The molecule has 0 bridgehead atoms. The fourth-order valence-corrected chi connectivity index (χ4v) is 0. The maximum Gasteiger partial charge on any atom is 4.00 e. The van der Waals surface area contributed by atoms with Crippen LogP contribution in [0.15, 0.2) is 0 Å². The first kappa shape index (κ1) is 29.2. The third-order valence-electron chi connectivity index (χ3n) is 0. The predicted molar refractivity (Wildman–Crippen MR) is 42.3 cm³/mol. The van der Waals surface area contributed by atoms with Crippen molar-refractivity contribution in [2.24, 2.45) is 0 Å². The number of nitrogens with two attached hydrogens (primary N) is 2. The molecule has 0 aromatic heterocycles. The van der Waals surface area contributed by atoms with Gasteiger partial charge in [-0.05, 0) is 0 Å². The standard InChI is InChI=1S/2H2NO3S.2H2N.Pt/c2*1-5(2,3)4;;;/h2*(H2-,1,2,3,4);2*1H2;/q4*-1;+4. The molecule has 0 aliphatic carbocycles. The van der Waals surface area contributed by atoms with Crippen molar-refractivity contribution in [3.05, 3.63) is 22.6 Å². The number of nitrogens with one attached hydrogen (secondary N) is 2. The van der Waals surface area contributed by atoms with Gasteiger partial charge in [-0.15, -0.1) is 0 Å². The Bertz CT molecular complexity index is 219. The first-order valence-electron chi connectivity index (χ1n) is 1.44. The van der Waals surface area contributed by atoms with Gasteiger partial charge in [-0.1, -0.05) is 0 Å². The van der Waals surface area contributed by atoms with Crippen LogP contribution in [0.3, 0.4) is 0 Å². The van der Waals surface area contributed by atoms with Gasteiger partial charge in [0.2, 0.25) is 0 Å². The minimum Gasteiger partial charge on any atom is -0.693 e. The van der Waals surface area contributed by atoms with Crippen LogP contribution in [0.5, 0.6) is 0 Å². The average Bonchev–Trinajstić information content (AvgIpc) is 1.12. The second-order valence-electron chi connectivity index (χ2n) is 0.950. The van der Waals surface area contributed by atoms with Crippen LogP contribution in [0.4, 0.5) is 0 Å². The number of rotatable bonds is 0. The Labute approximate surface area is 90.2 Å². The van der Waals surface area contributed by atoms with Crippen LogP contribution in [0, 0.1) is 0 Å². The van der Waals surface area contributed by atoms with E-state index in [1.54, 1.807) is 0 Å². The van der Waals surface area contributed by atoms with E-state index >= 15 is 0 Å². The van der Waals surface area contributed by atoms with Crippen LogP contribution in [-0.2, 0) is 41.7 Å². The Balaban J connectivity index is -0.0000000267. The summed E-state index contributed by atoms with van der Waals surface area (Å²) in [5, 5.41) is 10.9. The van der Waals surface area contributed by atoms with Gasteiger partial charge in [0.1, 0.15) is 0 Å². The van der Waals surface area contributed by atoms with E-state index in [4.69, 9.17) is 36.2 Å². The van der Waals surface area contributed by atoms with Crippen LogP contribution in [0.2, 0.25) is 0 Å². The van der Waals surface area contributed by atoms with Crippen LogP contribution in [0.1, 0.15) is 0 Å². The SMILES string of the molecule is [NH-]S(=O)(=O)O.[NH-]S(=O)(=O)O.[NH2-].[NH2-].[Pt+4]. The summed E-state index contributed by atoms with van der Waals surface area (Å²) in [4.78, 5) is 0. The van der Waals surface area contributed by atoms with E-state index in [-0.39, 0.29) is 33.4 Å². The van der Waals surface area contributed by atoms with Crippen molar-refractivity contribution in [3.63, 3.8) is 0 Å². The van der Waals surface area contributed by atoms with Crippen LogP contribution < -0.4 is 0 Å². The van der Waals surface area contributed by atoms with Gasteiger partial charge in [0.15, 0.2) is 20.6 Å². The molecule has 13 heavy (non-hydrogen) atoms. The zero-order valence-electron chi connectivity index (χ0n) is 5.81. The van der Waals surface area contributed by atoms with Gasteiger partial charge in [-0.2, -0.15) is 0 Å². The third-order valence-corrected chi connectivity index (χ3v) is 0. The smallest absolute Gasteiger partial charge is 0.693 e. The molecule has 0 unspecified atom stereocenters. The summed E-state index contributed by atoms with van der Waals surface area (Å²) < 4.78 is 49.7. The van der Waals surface area contributed by atoms with E-state index in [0.29, 0.717) is 0 Å². The molecular formula is H8N4O6PtS2. The summed E-state index contributed by atoms with van der Waals surface area (Å²) in [5.74, 6) is 0. The van der Waals surface area contributed by atoms with Crippen molar-refractivity contribution in [1.29, 1.82) is 0 Å². The molecule has 0 heterocycles. The van der Waals surface area contributed by atoms with E-state index in [1.165, 1.54) is 0 Å². The Hall–Kier alpha value is 0.348. The minimum atomic E-state index is -4.42. The quantitative estimate of drug-likeness (QED) is 0.546. The Morgan fingerprint density at radius 1 is 0.769 bits per heavy atom. The number of hydrogen-bond acceptors (Lipinski definition) is 4.